The van der Waals surface area contributed by atoms with E-state index in [0.29, 0.717) is 32.5 Å². The molecular formula is C22H32F3N5O. The van der Waals surface area contributed by atoms with Gasteiger partial charge < -0.3 is 19.9 Å². The highest BCUT2D eigenvalue weighted by Crippen LogP contribution is 2.40. The summed E-state index contributed by atoms with van der Waals surface area (Å²) in [6.07, 6.45) is 1.69. The summed E-state index contributed by atoms with van der Waals surface area (Å²) in [5, 5.41) is 14.4. The van der Waals surface area contributed by atoms with Crippen molar-refractivity contribution >= 4 is 16.9 Å². The summed E-state index contributed by atoms with van der Waals surface area (Å²) in [5.74, 6) is 0.121. The molecule has 1 aliphatic carbocycles. The second kappa shape index (κ2) is 9.32. The molecule has 2 aliphatic rings. The monoisotopic (exact) mass is 439 g/mol. The van der Waals surface area contributed by atoms with Crippen LogP contribution in [0.3, 0.4) is 0 Å². The van der Waals surface area contributed by atoms with Gasteiger partial charge in [-0.25, -0.2) is 9.97 Å². The van der Waals surface area contributed by atoms with Crippen molar-refractivity contribution in [2.75, 3.05) is 31.1 Å². The molecule has 9 heteroatoms. The molecule has 2 N–H and O–H groups in total. The topological polar surface area (TPSA) is 66.2 Å². The van der Waals surface area contributed by atoms with E-state index in [1.54, 1.807) is 6.33 Å². The van der Waals surface area contributed by atoms with Gasteiger partial charge in [0.25, 0.3) is 0 Å². The zero-order valence-corrected chi connectivity index (χ0v) is 18.0. The summed E-state index contributed by atoms with van der Waals surface area (Å²) >= 11 is 0. The van der Waals surface area contributed by atoms with Crippen molar-refractivity contribution in [3.05, 3.63) is 18.6 Å². The molecule has 0 unspecified atom stereocenters. The van der Waals surface area contributed by atoms with Crippen LogP contribution in [0.15, 0.2) is 18.6 Å². The second-order valence-electron chi connectivity index (χ2n) is 9.02. The van der Waals surface area contributed by atoms with Gasteiger partial charge in [0.05, 0.1) is 17.4 Å². The number of fused-ring (bicyclic) bond motifs is 1. The normalized spacial score (nSPS) is 27.5. The van der Waals surface area contributed by atoms with Crippen LogP contribution < -0.4 is 10.2 Å². The first-order valence-electron chi connectivity index (χ1n) is 11.4. The number of hydrogen-bond donors (Lipinski definition) is 2. The van der Waals surface area contributed by atoms with Gasteiger partial charge in [-0.3, -0.25) is 0 Å². The minimum absolute atomic E-state index is 0.182. The van der Waals surface area contributed by atoms with Gasteiger partial charge in [0.1, 0.15) is 17.8 Å². The Labute approximate surface area is 180 Å². The number of rotatable bonds is 6. The molecule has 0 aromatic carbocycles. The van der Waals surface area contributed by atoms with Crippen molar-refractivity contribution in [2.45, 2.75) is 57.9 Å². The lowest BCUT2D eigenvalue weighted by atomic mass is 9.81. The number of piperidine rings is 1. The Bertz CT molecular complexity index is 862. The molecule has 31 heavy (non-hydrogen) atoms. The summed E-state index contributed by atoms with van der Waals surface area (Å²) in [6.45, 7) is 5.73. The Hall–Kier alpha value is -1.87. The number of β-amino-alcohol motifs (C(OH)–C–C–N with tert-alkyl or cyclic N) is 1. The number of aliphatic hydroxyl groups is 1. The minimum Gasteiger partial charge on any atom is -0.391 e. The van der Waals surface area contributed by atoms with Crippen molar-refractivity contribution in [2.24, 2.45) is 17.8 Å². The van der Waals surface area contributed by atoms with Gasteiger partial charge in [-0.2, -0.15) is 13.2 Å². The van der Waals surface area contributed by atoms with Crippen LogP contribution >= 0.6 is 0 Å². The summed E-state index contributed by atoms with van der Waals surface area (Å²) in [4.78, 5) is 11.2. The molecule has 1 aliphatic heterocycles. The molecule has 1 saturated carbocycles. The Morgan fingerprint density at radius 1 is 1.19 bits per heavy atom. The van der Waals surface area contributed by atoms with E-state index < -0.39 is 12.1 Å². The fourth-order valence-electron chi connectivity index (χ4n) is 5.10. The molecule has 0 radical (unpaired) electrons. The third-order valence-electron chi connectivity index (χ3n) is 7.03. The average Bonchev–Trinajstić information content (AvgIpc) is 3.16. The molecule has 2 fully saturated rings. The molecule has 172 valence electrons. The standard InChI is InChI=1S/C22H32F3N5O/c1-2-29(12-15-3-5-17(6-4-15)22(23,24)25)20-18-8-10-30(21(18)28-14-27-20)13-16-7-9-26-11-19(16)31/h8,10,14-17,19,26,31H,2-7,9,11-13H2,1H3/t15?,16-,17?,19+/m1/s1. The highest BCUT2D eigenvalue weighted by Gasteiger charge is 2.41. The molecule has 0 amide bonds. The number of nitrogens with zero attached hydrogens (tertiary/aromatic N) is 4. The number of halogens is 3. The molecular weight excluding hydrogens is 407 g/mol. The van der Waals surface area contributed by atoms with Gasteiger partial charge in [-0.05, 0) is 57.6 Å². The van der Waals surface area contributed by atoms with Crippen LogP contribution in [0.25, 0.3) is 11.0 Å². The van der Waals surface area contributed by atoms with Gasteiger partial charge in [-0.15, -0.1) is 0 Å². The first kappa shape index (κ1) is 22.3. The van der Waals surface area contributed by atoms with Crippen molar-refractivity contribution in [1.82, 2.24) is 19.9 Å². The number of nitrogens with one attached hydrogen (secondary N) is 1. The summed E-state index contributed by atoms with van der Waals surface area (Å²) in [7, 11) is 0. The fourth-order valence-corrected chi connectivity index (χ4v) is 5.10. The van der Waals surface area contributed by atoms with Crippen LogP contribution in [0.5, 0.6) is 0 Å². The number of aromatic nitrogens is 3. The lowest BCUT2D eigenvalue weighted by Gasteiger charge is -2.33. The third-order valence-corrected chi connectivity index (χ3v) is 7.03. The first-order chi connectivity index (χ1) is 14.9. The molecule has 6 nitrogen and oxygen atoms in total. The van der Waals surface area contributed by atoms with Crippen LogP contribution in [-0.4, -0.2) is 58.1 Å². The van der Waals surface area contributed by atoms with Crippen LogP contribution in [0.2, 0.25) is 0 Å². The van der Waals surface area contributed by atoms with E-state index >= 15 is 0 Å². The number of alkyl halides is 3. The van der Waals surface area contributed by atoms with Crippen LogP contribution in [-0.2, 0) is 6.54 Å². The zero-order chi connectivity index (χ0) is 22.0. The molecule has 0 spiro atoms. The Kier molecular flexibility index (Phi) is 6.71. The lowest BCUT2D eigenvalue weighted by molar-refractivity contribution is -0.183. The number of aliphatic hydroxyl groups excluding tert-OH is 1. The van der Waals surface area contributed by atoms with Gasteiger partial charge in [-0.1, -0.05) is 0 Å². The van der Waals surface area contributed by atoms with Gasteiger partial charge in [0.2, 0.25) is 0 Å². The lowest BCUT2D eigenvalue weighted by Crippen LogP contribution is -2.42. The summed E-state index contributed by atoms with van der Waals surface area (Å²) in [6, 6.07) is 2.02. The van der Waals surface area contributed by atoms with Gasteiger partial charge in [0.15, 0.2) is 0 Å². The predicted octanol–water partition coefficient (Wildman–Crippen LogP) is 3.60. The van der Waals surface area contributed by atoms with Gasteiger partial charge >= 0.3 is 6.18 Å². The van der Waals surface area contributed by atoms with Crippen LogP contribution in [0, 0.1) is 17.8 Å². The largest absolute Gasteiger partial charge is 0.391 e. The molecule has 1 saturated heterocycles. The molecule has 3 heterocycles. The van der Waals surface area contributed by atoms with E-state index in [4.69, 9.17) is 0 Å². The van der Waals surface area contributed by atoms with E-state index in [-0.39, 0.29) is 30.8 Å². The minimum atomic E-state index is -4.07. The number of anilines is 1. The summed E-state index contributed by atoms with van der Waals surface area (Å²) < 4.78 is 41.0. The molecule has 2 aromatic rings. The van der Waals surface area contributed by atoms with Crippen molar-refractivity contribution in [1.29, 1.82) is 0 Å². The van der Waals surface area contributed by atoms with Crippen molar-refractivity contribution < 1.29 is 18.3 Å². The smallest absolute Gasteiger partial charge is 0.391 e. The third kappa shape index (κ3) is 4.98. The molecule has 2 aromatic heterocycles. The number of hydrogen-bond acceptors (Lipinski definition) is 5. The Morgan fingerprint density at radius 2 is 1.97 bits per heavy atom. The van der Waals surface area contributed by atoms with E-state index in [1.807, 2.05) is 12.3 Å². The maximum Gasteiger partial charge on any atom is 0.391 e. The van der Waals surface area contributed by atoms with Crippen molar-refractivity contribution in [3.8, 4) is 0 Å². The fraction of sp³-hybridized carbons (Fsp3) is 0.727. The van der Waals surface area contributed by atoms with Crippen molar-refractivity contribution in [3.63, 3.8) is 0 Å². The van der Waals surface area contributed by atoms with Gasteiger partial charge in [0, 0.05) is 38.3 Å². The second-order valence-corrected chi connectivity index (χ2v) is 9.02. The van der Waals surface area contributed by atoms with Crippen LogP contribution in [0.1, 0.15) is 39.0 Å². The van der Waals surface area contributed by atoms with Crippen LogP contribution in [0.4, 0.5) is 19.0 Å². The SMILES string of the molecule is CCN(CC1CCC(C(F)(F)F)CC1)c1ncnc2c1ccn2C[C@H]1CCNC[C@@H]1O. The predicted molar refractivity (Wildman–Crippen MR) is 114 cm³/mol. The van der Waals surface area contributed by atoms with E-state index in [1.165, 1.54) is 0 Å². The summed E-state index contributed by atoms with van der Waals surface area (Å²) in [5.41, 5.74) is 0.843. The average molecular weight is 440 g/mol. The molecule has 4 rings (SSSR count). The van der Waals surface area contributed by atoms with E-state index in [9.17, 15) is 18.3 Å². The molecule has 0 bridgehead atoms. The molecule has 2 atom stereocenters. The quantitative estimate of drug-likeness (QED) is 0.720. The Morgan fingerprint density at radius 3 is 2.65 bits per heavy atom. The van der Waals surface area contributed by atoms with E-state index in [0.717, 1.165) is 36.4 Å². The highest BCUT2D eigenvalue weighted by molar-refractivity contribution is 5.87. The van der Waals surface area contributed by atoms with E-state index in [2.05, 4.69) is 31.7 Å². The maximum atomic E-state index is 13.0. The highest BCUT2D eigenvalue weighted by atomic mass is 19.4. The zero-order valence-electron chi connectivity index (χ0n) is 18.0. The first-order valence-corrected chi connectivity index (χ1v) is 11.4. The maximum absolute atomic E-state index is 13.0. The Balaban J connectivity index is 1.47.